The van der Waals surface area contributed by atoms with E-state index in [1.807, 2.05) is 17.9 Å². The van der Waals surface area contributed by atoms with Gasteiger partial charge in [-0.3, -0.25) is 9.58 Å². The van der Waals surface area contributed by atoms with E-state index in [4.69, 9.17) is 5.73 Å². The molecule has 84 valence electrons. The zero-order valence-electron chi connectivity index (χ0n) is 9.56. The van der Waals surface area contributed by atoms with Crippen molar-refractivity contribution in [3.63, 3.8) is 0 Å². The highest BCUT2D eigenvalue weighted by Crippen LogP contribution is 2.24. The quantitative estimate of drug-likeness (QED) is 0.791. The summed E-state index contributed by atoms with van der Waals surface area (Å²) in [5, 5.41) is 4.40. The van der Waals surface area contributed by atoms with Crippen molar-refractivity contribution in [3.8, 4) is 0 Å². The van der Waals surface area contributed by atoms with Crippen LogP contribution in [0.2, 0.25) is 0 Å². The molecule has 0 aromatic carbocycles. The lowest BCUT2D eigenvalue weighted by atomic mass is 10.0. The van der Waals surface area contributed by atoms with Gasteiger partial charge < -0.3 is 5.73 Å². The highest BCUT2D eigenvalue weighted by molar-refractivity contribution is 5.00. The van der Waals surface area contributed by atoms with Crippen LogP contribution in [0.3, 0.4) is 0 Å². The van der Waals surface area contributed by atoms with Gasteiger partial charge in [0.1, 0.15) is 0 Å². The molecular formula is C11H20N4. The van der Waals surface area contributed by atoms with Gasteiger partial charge in [0, 0.05) is 32.4 Å². The number of aryl methyl sites for hydroxylation is 1. The molecule has 0 radical (unpaired) electrons. The van der Waals surface area contributed by atoms with E-state index in [0.717, 1.165) is 31.2 Å². The van der Waals surface area contributed by atoms with E-state index >= 15 is 0 Å². The van der Waals surface area contributed by atoms with Crippen molar-refractivity contribution in [3.05, 3.63) is 18.0 Å². The molecule has 1 saturated heterocycles. The average molecular weight is 208 g/mol. The molecule has 2 N–H and O–H groups in total. The number of nitrogens with two attached hydrogens (primary N) is 1. The first-order valence-corrected chi connectivity index (χ1v) is 5.63. The number of hydrogen-bond acceptors (Lipinski definition) is 3. The summed E-state index contributed by atoms with van der Waals surface area (Å²) in [7, 11) is 1.95. The first-order chi connectivity index (χ1) is 7.20. The molecule has 2 atom stereocenters. The molecule has 0 aliphatic carbocycles. The maximum Gasteiger partial charge on any atom is 0.0764 e. The lowest BCUT2D eigenvalue weighted by Crippen LogP contribution is -2.37. The van der Waals surface area contributed by atoms with Gasteiger partial charge in [-0.1, -0.05) is 6.92 Å². The predicted molar refractivity (Wildman–Crippen MR) is 60.2 cm³/mol. The summed E-state index contributed by atoms with van der Waals surface area (Å²) in [6, 6.07) is 2.61. The summed E-state index contributed by atoms with van der Waals surface area (Å²) in [5.41, 5.74) is 6.95. The number of nitrogens with zero attached hydrogens (tertiary/aromatic N) is 3. The number of rotatable bonds is 3. The lowest BCUT2D eigenvalue weighted by Gasteiger charge is -2.24. The van der Waals surface area contributed by atoms with Crippen molar-refractivity contribution < 1.29 is 0 Å². The molecule has 0 saturated carbocycles. The summed E-state index contributed by atoms with van der Waals surface area (Å²) >= 11 is 0. The van der Waals surface area contributed by atoms with Crippen molar-refractivity contribution in [2.75, 3.05) is 13.1 Å². The highest BCUT2D eigenvalue weighted by atomic mass is 15.3. The van der Waals surface area contributed by atoms with Crippen molar-refractivity contribution >= 4 is 0 Å². The summed E-state index contributed by atoms with van der Waals surface area (Å²) in [6.45, 7) is 5.14. The Morgan fingerprint density at radius 2 is 2.40 bits per heavy atom. The SMILES string of the molecule is CC1CCN(Cc2ccn(C)n2)C1CN. The molecule has 15 heavy (non-hydrogen) atoms. The second kappa shape index (κ2) is 4.33. The summed E-state index contributed by atoms with van der Waals surface area (Å²) < 4.78 is 1.85. The molecule has 4 heteroatoms. The Hall–Kier alpha value is -0.870. The standard InChI is InChI=1S/C11H20N4/c1-9-3-6-15(11(9)7-12)8-10-4-5-14(2)13-10/h4-5,9,11H,3,6-8,12H2,1-2H3. The molecule has 1 aromatic rings. The van der Waals surface area contributed by atoms with Gasteiger partial charge in [0.15, 0.2) is 0 Å². The van der Waals surface area contributed by atoms with Gasteiger partial charge in [-0.15, -0.1) is 0 Å². The molecule has 1 aromatic heterocycles. The summed E-state index contributed by atoms with van der Waals surface area (Å²) in [4.78, 5) is 2.45. The molecule has 0 amide bonds. The van der Waals surface area contributed by atoms with Crippen molar-refractivity contribution in [2.45, 2.75) is 25.9 Å². The van der Waals surface area contributed by atoms with E-state index in [1.165, 1.54) is 6.42 Å². The van der Waals surface area contributed by atoms with Gasteiger partial charge >= 0.3 is 0 Å². The fourth-order valence-corrected chi connectivity index (χ4v) is 2.42. The molecule has 0 bridgehead atoms. The summed E-state index contributed by atoms with van der Waals surface area (Å²) in [5.74, 6) is 0.721. The number of hydrogen-bond donors (Lipinski definition) is 1. The van der Waals surface area contributed by atoms with E-state index in [-0.39, 0.29) is 0 Å². The first kappa shape index (κ1) is 10.6. The van der Waals surface area contributed by atoms with Crippen LogP contribution in [-0.2, 0) is 13.6 Å². The van der Waals surface area contributed by atoms with Gasteiger partial charge in [-0.2, -0.15) is 5.10 Å². The third-order valence-electron chi connectivity index (χ3n) is 3.37. The Morgan fingerprint density at radius 1 is 1.60 bits per heavy atom. The minimum Gasteiger partial charge on any atom is -0.329 e. The van der Waals surface area contributed by atoms with Crippen LogP contribution in [0.15, 0.2) is 12.3 Å². The Bertz CT molecular complexity index is 320. The zero-order valence-corrected chi connectivity index (χ0v) is 9.56. The highest BCUT2D eigenvalue weighted by Gasteiger charge is 2.29. The van der Waals surface area contributed by atoms with E-state index in [9.17, 15) is 0 Å². The number of likely N-dealkylation sites (tertiary alicyclic amines) is 1. The largest absolute Gasteiger partial charge is 0.329 e. The maximum absolute atomic E-state index is 5.81. The van der Waals surface area contributed by atoms with Gasteiger partial charge in [0.05, 0.1) is 5.69 Å². The Balaban J connectivity index is 2.00. The van der Waals surface area contributed by atoms with Gasteiger partial charge in [-0.25, -0.2) is 0 Å². The second-order valence-corrected chi connectivity index (χ2v) is 4.52. The van der Waals surface area contributed by atoms with Crippen LogP contribution in [0.1, 0.15) is 19.0 Å². The van der Waals surface area contributed by atoms with E-state index in [1.54, 1.807) is 0 Å². The molecular weight excluding hydrogens is 188 g/mol. The molecule has 1 fully saturated rings. The summed E-state index contributed by atoms with van der Waals surface area (Å²) in [6.07, 6.45) is 3.25. The third kappa shape index (κ3) is 2.21. The van der Waals surface area contributed by atoms with Crippen LogP contribution in [0.25, 0.3) is 0 Å². The van der Waals surface area contributed by atoms with Crippen LogP contribution in [-0.4, -0.2) is 33.8 Å². The molecule has 2 rings (SSSR count). The normalized spacial score (nSPS) is 27.4. The zero-order chi connectivity index (χ0) is 10.8. The van der Waals surface area contributed by atoms with E-state index < -0.39 is 0 Å². The van der Waals surface area contributed by atoms with Crippen molar-refractivity contribution in [1.29, 1.82) is 0 Å². The average Bonchev–Trinajstić information content (AvgIpc) is 2.75. The van der Waals surface area contributed by atoms with Crippen molar-refractivity contribution in [1.82, 2.24) is 14.7 Å². The third-order valence-corrected chi connectivity index (χ3v) is 3.37. The molecule has 1 aliphatic rings. The van der Waals surface area contributed by atoms with Gasteiger partial charge in [0.25, 0.3) is 0 Å². The molecule has 2 unspecified atom stereocenters. The van der Waals surface area contributed by atoms with Crippen LogP contribution < -0.4 is 5.73 Å². The smallest absolute Gasteiger partial charge is 0.0764 e. The Kier molecular flexibility index (Phi) is 3.07. The van der Waals surface area contributed by atoms with E-state index in [2.05, 4.69) is 23.0 Å². The van der Waals surface area contributed by atoms with Crippen LogP contribution in [0.5, 0.6) is 0 Å². The predicted octanol–water partition coefficient (Wildman–Crippen LogP) is 0.589. The Morgan fingerprint density at radius 3 is 3.00 bits per heavy atom. The minimum atomic E-state index is 0.534. The van der Waals surface area contributed by atoms with Crippen molar-refractivity contribution in [2.24, 2.45) is 18.7 Å². The van der Waals surface area contributed by atoms with E-state index in [0.29, 0.717) is 6.04 Å². The maximum atomic E-state index is 5.81. The fourth-order valence-electron chi connectivity index (χ4n) is 2.42. The first-order valence-electron chi connectivity index (χ1n) is 5.63. The van der Waals surface area contributed by atoms with Gasteiger partial charge in [0.2, 0.25) is 0 Å². The van der Waals surface area contributed by atoms with Gasteiger partial charge in [-0.05, 0) is 24.9 Å². The fraction of sp³-hybridized carbons (Fsp3) is 0.727. The molecule has 0 spiro atoms. The molecule has 2 heterocycles. The topological polar surface area (TPSA) is 47.1 Å². The minimum absolute atomic E-state index is 0.534. The van der Waals surface area contributed by atoms with Crippen LogP contribution >= 0.6 is 0 Å². The van der Waals surface area contributed by atoms with Crippen LogP contribution in [0.4, 0.5) is 0 Å². The number of aromatic nitrogens is 2. The molecule has 1 aliphatic heterocycles. The second-order valence-electron chi connectivity index (χ2n) is 4.52. The lowest BCUT2D eigenvalue weighted by molar-refractivity contribution is 0.225. The Labute approximate surface area is 91.1 Å². The molecule has 4 nitrogen and oxygen atoms in total. The van der Waals surface area contributed by atoms with Crippen LogP contribution in [0, 0.1) is 5.92 Å². The monoisotopic (exact) mass is 208 g/mol.